The Morgan fingerprint density at radius 2 is 2.11 bits per heavy atom. The molecule has 0 aromatic rings. The third-order valence-corrected chi connectivity index (χ3v) is 7.22. The number of halogens is 2. The monoisotopic (exact) mass is 522 g/mol. The van der Waals surface area contributed by atoms with Crippen LogP contribution in [0.5, 0.6) is 0 Å². The van der Waals surface area contributed by atoms with Gasteiger partial charge in [-0.15, -0.1) is 11.8 Å². The lowest BCUT2D eigenvalue weighted by atomic mass is 10.0. The second-order valence-corrected chi connectivity index (χ2v) is 9.39. The van der Waals surface area contributed by atoms with Crippen LogP contribution in [-0.2, 0) is 19.1 Å². The van der Waals surface area contributed by atoms with Gasteiger partial charge in [0, 0.05) is 5.75 Å². The summed E-state index contributed by atoms with van der Waals surface area (Å²) in [5, 5.41) is 2.61. The third-order valence-electron chi connectivity index (χ3n) is 5.04. The summed E-state index contributed by atoms with van der Waals surface area (Å²) in [5.74, 6) is 0.130. The fraction of sp³-hybridized carbons (Fsp3) is 0.588. The van der Waals surface area contributed by atoms with Gasteiger partial charge in [0.2, 0.25) is 10.6 Å². The first kappa shape index (κ1) is 21.0. The zero-order chi connectivity index (χ0) is 19.6. The van der Waals surface area contributed by atoms with E-state index in [9.17, 15) is 14.4 Å². The highest BCUT2D eigenvalue weighted by Crippen LogP contribution is 2.41. The van der Waals surface area contributed by atoms with Crippen molar-refractivity contribution in [3.63, 3.8) is 0 Å². The van der Waals surface area contributed by atoms with Crippen LogP contribution in [0.15, 0.2) is 23.4 Å². The van der Waals surface area contributed by atoms with Crippen molar-refractivity contribution in [1.82, 2.24) is 10.2 Å². The maximum Gasteiger partial charge on any atom is 0.253 e. The van der Waals surface area contributed by atoms with Crippen LogP contribution in [0.1, 0.15) is 0 Å². The minimum absolute atomic E-state index is 0.143. The number of β-lactam (4-membered cyclic amide) rings is 1. The molecule has 3 rings (SSSR count). The van der Waals surface area contributed by atoms with E-state index in [0.29, 0.717) is 11.4 Å². The molecule has 1 N–H and O–H groups in total. The highest BCUT2D eigenvalue weighted by molar-refractivity contribution is 9.18. The van der Waals surface area contributed by atoms with Crippen molar-refractivity contribution in [3.8, 4) is 0 Å². The first-order chi connectivity index (χ1) is 12.9. The van der Waals surface area contributed by atoms with Gasteiger partial charge in [0.05, 0.1) is 32.1 Å². The van der Waals surface area contributed by atoms with Gasteiger partial charge < -0.3 is 14.5 Å². The average Bonchev–Trinajstić information content (AvgIpc) is 2.65. The van der Waals surface area contributed by atoms with E-state index in [1.807, 2.05) is 6.08 Å². The van der Waals surface area contributed by atoms with Crippen LogP contribution < -0.4 is 5.32 Å². The molecular formula is C17H22Br2N3O4S+. The third kappa shape index (κ3) is 4.50. The predicted molar refractivity (Wildman–Crippen MR) is 111 cm³/mol. The normalized spacial score (nSPS) is 27.4. The Labute approximate surface area is 179 Å². The number of carbonyl (C=O) groups is 3. The Bertz CT molecular complexity index is 706. The summed E-state index contributed by atoms with van der Waals surface area (Å²) in [6, 6.07) is -0.578. The zero-order valence-electron chi connectivity index (χ0n) is 15.0. The van der Waals surface area contributed by atoms with E-state index in [0.717, 1.165) is 42.9 Å². The SMILES string of the molecule is C[N+]1(CC=CC2=C(C(=O)Br)N3C(=O)[C@@H](NC(=O)CBr)[C@H]3SC2)CCOCC1. The molecule has 3 aliphatic heterocycles. The molecule has 2 amide bonds. The van der Waals surface area contributed by atoms with E-state index < -0.39 is 6.04 Å². The van der Waals surface area contributed by atoms with Gasteiger partial charge in [-0.2, -0.15) is 0 Å². The number of nitrogens with zero attached hydrogens (tertiary/aromatic N) is 2. The van der Waals surface area contributed by atoms with Crippen LogP contribution in [0.4, 0.5) is 0 Å². The van der Waals surface area contributed by atoms with Gasteiger partial charge in [0.25, 0.3) is 5.91 Å². The molecule has 0 bridgehead atoms. The fourth-order valence-electron chi connectivity index (χ4n) is 3.38. The van der Waals surface area contributed by atoms with Gasteiger partial charge in [-0.3, -0.25) is 19.3 Å². The van der Waals surface area contributed by atoms with Crippen LogP contribution in [-0.4, -0.2) is 88.3 Å². The van der Waals surface area contributed by atoms with Crippen LogP contribution in [0.25, 0.3) is 0 Å². The second kappa shape index (κ2) is 8.77. The number of likely N-dealkylation sites (N-methyl/N-ethyl adjacent to an activating group) is 1. The average molecular weight is 524 g/mol. The predicted octanol–water partition coefficient (Wildman–Crippen LogP) is 0.990. The Morgan fingerprint density at radius 1 is 1.41 bits per heavy atom. The van der Waals surface area contributed by atoms with E-state index in [1.165, 1.54) is 4.90 Å². The summed E-state index contributed by atoms with van der Waals surface area (Å²) in [6.45, 7) is 4.30. The molecule has 0 aliphatic carbocycles. The molecule has 0 aromatic heterocycles. The number of ether oxygens (including phenoxy) is 1. The molecule has 0 unspecified atom stereocenters. The molecule has 2 saturated heterocycles. The summed E-state index contributed by atoms with van der Waals surface area (Å²) >= 11 is 7.66. The van der Waals surface area contributed by atoms with E-state index in [1.54, 1.807) is 11.8 Å². The summed E-state index contributed by atoms with van der Waals surface area (Å²) in [6.07, 6.45) is 4.03. The fourth-order valence-corrected chi connectivity index (χ4v) is 5.31. The summed E-state index contributed by atoms with van der Waals surface area (Å²) in [5.41, 5.74) is 1.21. The van der Waals surface area contributed by atoms with Crippen LogP contribution in [0.2, 0.25) is 0 Å². The van der Waals surface area contributed by atoms with Crippen molar-refractivity contribution in [3.05, 3.63) is 23.4 Å². The number of nitrogens with one attached hydrogen (secondary N) is 1. The Hall–Kier alpha value is -0.680. The summed E-state index contributed by atoms with van der Waals surface area (Å²) < 4.78 is 6.02. The topological polar surface area (TPSA) is 75.7 Å². The van der Waals surface area contributed by atoms with Crippen molar-refractivity contribution in [1.29, 1.82) is 0 Å². The smallest absolute Gasteiger partial charge is 0.253 e. The minimum atomic E-state index is -0.578. The number of alkyl halides is 1. The van der Waals surface area contributed by atoms with Gasteiger partial charge in [-0.05, 0) is 27.6 Å². The Morgan fingerprint density at radius 3 is 2.74 bits per heavy atom. The van der Waals surface area contributed by atoms with Crippen LogP contribution >= 0.6 is 43.6 Å². The number of morpholine rings is 1. The summed E-state index contributed by atoms with van der Waals surface area (Å²) in [7, 11) is 2.19. The van der Waals surface area contributed by atoms with E-state index in [-0.39, 0.29) is 27.2 Å². The van der Waals surface area contributed by atoms with Crippen molar-refractivity contribution < 1.29 is 23.6 Å². The molecule has 0 radical (unpaired) electrons. The largest absolute Gasteiger partial charge is 0.370 e. The lowest BCUT2D eigenvalue weighted by Crippen LogP contribution is -2.70. The van der Waals surface area contributed by atoms with Crippen LogP contribution in [0.3, 0.4) is 0 Å². The molecule has 27 heavy (non-hydrogen) atoms. The van der Waals surface area contributed by atoms with Gasteiger partial charge in [0.1, 0.15) is 30.2 Å². The number of fused-ring (bicyclic) bond motifs is 1. The molecule has 7 nitrogen and oxygen atoms in total. The number of thioether (sulfide) groups is 1. The minimum Gasteiger partial charge on any atom is -0.370 e. The van der Waals surface area contributed by atoms with E-state index >= 15 is 0 Å². The summed E-state index contributed by atoms with van der Waals surface area (Å²) in [4.78, 5) is 37.8. The number of carbonyl (C=O) groups excluding carboxylic acids is 3. The Balaban J connectivity index is 1.73. The molecule has 2 atom stereocenters. The van der Waals surface area contributed by atoms with Crippen molar-refractivity contribution >= 4 is 60.1 Å². The highest BCUT2D eigenvalue weighted by atomic mass is 79.9. The Kier molecular flexibility index (Phi) is 6.83. The highest BCUT2D eigenvalue weighted by Gasteiger charge is 2.53. The first-order valence-electron chi connectivity index (χ1n) is 8.67. The number of hydrogen-bond acceptors (Lipinski definition) is 5. The number of quaternary nitrogens is 1. The van der Waals surface area contributed by atoms with Crippen molar-refractivity contribution in [2.24, 2.45) is 0 Å². The molecule has 0 saturated carbocycles. The molecule has 148 valence electrons. The zero-order valence-corrected chi connectivity index (χ0v) is 18.9. The molecule has 0 aromatic carbocycles. The first-order valence-corrected chi connectivity index (χ1v) is 11.6. The molecule has 2 fully saturated rings. The molecular weight excluding hydrogens is 502 g/mol. The molecule has 10 heteroatoms. The molecule has 0 spiro atoms. The van der Waals surface area contributed by atoms with Crippen molar-refractivity contribution in [2.75, 3.05) is 51.0 Å². The number of rotatable bonds is 6. The van der Waals surface area contributed by atoms with E-state index in [2.05, 4.69) is 50.3 Å². The van der Waals surface area contributed by atoms with Crippen LogP contribution in [0, 0.1) is 0 Å². The number of allylic oxidation sites excluding steroid dienone is 2. The lowest BCUT2D eigenvalue weighted by Gasteiger charge is -2.49. The number of amides is 2. The maximum absolute atomic E-state index is 12.5. The lowest BCUT2D eigenvalue weighted by molar-refractivity contribution is -0.911. The molecule has 3 heterocycles. The van der Waals surface area contributed by atoms with E-state index in [4.69, 9.17) is 4.74 Å². The quantitative estimate of drug-likeness (QED) is 0.243. The second-order valence-electron chi connectivity index (χ2n) is 7.00. The van der Waals surface area contributed by atoms with Gasteiger partial charge in [-0.25, -0.2) is 0 Å². The maximum atomic E-state index is 12.5. The molecule has 3 aliphatic rings. The standard InChI is InChI=1S/C17H21Br2N3O4S/c1-22(5-7-26-8-6-22)4-2-3-11-10-27-17-13(20-12(23)9-18)16(25)21(17)14(11)15(19)24/h2-3,13,17H,4-10H2,1H3/p+1/t13-,17-/m1/s1. The number of hydrogen-bond donors (Lipinski definition) is 1. The van der Waals surface area contributed by atoms with Gasteiger partial charge in [-0.1, -0.05) is 22.0 Å². The van der Waals surface area contributed by atoms with Gasteiger partial charge in [0.15, 0.2) is 0 Å². The van der Waals surface area contributed by atoms with Gasteiger partial charge >= 0.3 is 0 Å². The van der Waals surface area contributed by atoms with Crippen molar-refractivity contribution in [2.45, 2.75) is 11.4 Å².